The first-order chi connectivity index (χ1) is 15.9. The molecule has 0 aliphatic rings. The fraction of sp³-hybridized carbons (Fsp3) is 0.120. The minimum atomic E-state index is -1.01. The number of carboxylic acid groups (broad SMARTS) is 1. The number of nitrogens with one attached hydrogen (secondary N) is 1. The fourth-order valence-corrected chi connectivity index (χ4v) is 3.39. The zero-order chi connectivity index (χ0) is 23.4. The predicted molar refractivity (Wildman–Crippen MR) is 121 cm³/mol. The predicted octanol–water partition coefficient (Wildman–Crippen LogP) is 3.58. The van der Waals surface area contributed by atoms with Gasteiger partial charge in [-0.2, -0.15) is 0 Å². The summed E-state index contributed by atoms with van der Waals surface area (Å²) in [6.45, 7) is 0.0402. The van der Waals surface area contributed by atoms with Gasteiger partial charge in [0.2, 0.25) is 5.88 Å². The zero-order valence-electron chi connectivity index (χ0n) is 17.7. The van der Waals surface area contributed by atoms with Gasteiger partial charge < -0.3 is 19.6 Å². The van der Waals surface area contributed by atoms with Gasteiger partial charge >= 0.3 is 11.9 Å². The number of nitrogens with zero attached hydrogens (tertiary/aromatic N) is 1. The van der Waals surface area contributed by atoms with E-state index in [9.17, 15) is 14.4 Å². The van der Waals surface area contributed by atoms with Gasteiger partial charge in [-0.05, 0) is 47.5 Å². The highest BCUT2D eigenvalue weighted by Crippen LogP contribution is 2.16. The molecule has 0 saturated carbocycles. The number of rotatable bonds is 7. The number of carboxylic acids is 1. The monoisotopic (exact) mass is 444 g/mol. The van der Waals surface area contributed by atoms with Gasteiger partial charge in [0.25, 0.3) is 0 Å². The van der Waals surface area contributed by atoms with Gasteiger partial charge in [0.15, 0.2) is 5.43 Å². The number of pyridine rings is 2. The third kappa shape index (κ3) is 4.90. The lowest BCUT2D eigenvalue weighted by molar-refractivity contribution is 0.0472. The number of aromatic nitrogens is 2. The van der Waals surface area contributed by atoms with E-state index >= 15 is 0 Å². The van der Waals surface area contributed by atoms with Crippen molar-refractivity contribution in [3.63, 3.8) is 0 Å². The molecule has 0 radical (unpaired) electrons. The molecule has 2 heterocycles. The summed E-state index contributed by atoms with van der Waals surface area (Å²) in [6, 6.07) is 14.5. The molecule has 2 aromatic heterocycles. The van der Waals surface area contributed by atoms with E-state index in [0.717, 1.165) is 11.1 Å². The number of benzene rings is 2. The average Bonchev–Trinajstić information content (AvgIpc) is 2.84. The van der Waals surface area contributed by atoms with Crippen LogP contribution in [0.4, 0.5) is 0 Å². The number of aromatic amines is 1. The Labute approximate surface area is 188 Å². The van der Waals surface area contributed by atoms with E-state index in [-0.39, 0.29) is 23.2 Å². The van der Waals surface area contributed by atoms with Crippen molar-refractivity contribution in [2.75, 3.05) is 7.11 Å². The summed E-state index contributed by atoms with van der Waals surface area (Å²) in [7, 11) is 1.50. The molecule has 0 unspecified atom stereocenters. The van der Waals surface area contributed by atoms with Crippen LogP contribution < -0.4 is 10.2 Å². The largest absolute Gasteiger partial charge is 0.481 e. The van der Waals surface area contributed by atoms with Gasteiger partial charge in [0, 0.05) is 41.3 Å². The molecule has 0 spiro atoms. The molecule has 4 aromatic rings. The Morgan fingerprint density at radius 3 is 2.48 bits per heavy atom. The van der Waals surface area contributed by atoms with Crippen molar-refractivity contribution >= 4 is 22.8 Å². The van der Waals surface area contributed by atoms with Gasteiger partial charge in [-0.1, -0.05) is 12.1 Å². The number of H-pyrrole nitrogens is 1. The quantitative estimate of drug-likeness (QED) is 0.418. The molecule has 0 amide bonds. The SMILES string of the molecule is COc1cc(COC(=O)c2ccc3[nH]cc(Cc4ccc(C(=O)O)cc4)c(=O)c3c2)ccn1. The molecule has 2 N–H and O–H groups in total. The van der Waals surface area contributed by atoms with Gasteiger partial charge in [-0.15, -0.1) is 0 Å². The Kier molecular flexibility index (Phi) is 6.17. The highest BCUT2D eigenvalue weighted by molar-refractivity contribution is 5.94. The van der Waals surface area contributed by atoms with Crippen LogP contribution in [0.1, 0.15) is 37.4 Å². The van der Waals surface area contributed by atoms with Crippen LogP contribution in [0.25, 0.3) is 10.9 Å². The van der Waals surface area contributed by atoms with Gasteiger partial charge in [-0.25, -0.2) is 14.6 Å². The van der Waals surface area contributed by atoms with Crippen molar-refractivity contribution in [1.29, 1.82) is 0 Å². The van der Waals surface area contributed by atoms with Crippen molar-refractivity contribution in [3.05, 3.63) is 105 Å². The van der Waals surface area contributed by atoms with Crippen LogP contribution in [0.5, 0.6) is 5.88 Å². The molecule has 2 aromatic carbocycles. The number of esters is 1. The molecule has 8 nitrogen and oxygen atoms in total. The molecule has 33 heavy (non-hydrogen) atoms. The topological polar surface area (TPSA) is 119 Å². The standard InChI is InChI=1S/C25H20N2O6/c1-32-22-11-16(8-9-26-22)14-33-25(31)18-6-7-21-20(12-18)23(28)19(13-27-21)10-15-2-4-17(5-3-15)24(29)30/h2-9,11-13H,10,14H2,1H3,(H,27,28)(H,29,30). The maximum Gasteiger partial charge on any atom is 0.338 e. The summed E-state index contributed by atoms with van der Waals surface area (Å²) in [5.74, 6) is -1.14. The lowest BCUT2D eigenvalue weighted by atomic mass is 10.0. The summed E-state index contributed by atoms with van der Waals surface area (Å²) in [5, 5.41) is 9.39. The van der Waals surface area contributed by atoms with Crippen LogP contribution in [0, 0.1) is 0 Å². The van der Waals surface area contributed by atoms with Crippen LogP contribution in [-0.2, 0) is 17.8 Å². The number of hydrogen-bond donors (Lipinski definition) is 2. The summed E-state index contributed by atoms with van der Waals surface area (Å²) in [6.07, 6.45) is 3.52. The Morgan fingerprint density at radius 1 is 1.00 bits per heavy atom. The second kappa shape index (κ2) is 9.35. The summed E-state index contributed by atoms with van der Waals surface area (Å²) < 4.78 is 10.4. The lowest BCUT2D eigenvalue weighted by Crippen LogP contribution is -2.12. The van der Waals surface area contributed by atoms with Crippen molar-refractivity contribution in [2.24, 2.45) is 0 Å². The van der Waals surface area contributed by atoms with Gasteiger partial charge in [0.1, 0.15) is 6.61 Å². The number of carbonyl (C=O) groups excluding carboxylic acids is 1. The van der Waals surface area contributed by atoms with E-state index in [2.05, 4.69) is 9.97 Å². The first-order valence-electron chi connectivity index (χ1n) is 10.1. The van der Waals surface area contributed by atoms with E-state index < -0.39 is 11.9 Å². The smallest absolute Gasteiger partial charge is 0.338 e. The Hall–Kier alpha value is -4.46. The molecular weight excluding hydrogens is 424 g/mol. The molecule has 4 rings (SSSR count). The van der Waals surface area contributed by atoms with Crippen molar-refractivity contribution < 1.29 is 24.2 Å². The van der Waals surface area contributed by atoms with Gasteiger partial charge in [0.05, 0.1) is 18.2 Å². The van der Waals surface area contributed by atoms with Crippen LogP contribution in [0.3, 0.4) is 0 Å². The number of hydrogen-bond acceptors (Lipinski definition) is 6. The number of ether oxygens (including phenoxy) is 2. The molecule has 166 valence electrons. The van der Waals surface area contributed by atoms with E-state index in [4.69, 9.17) is 14.6 Å². The Balaban J connectivity index is 1.54. The minimum absolute atomic E-state index is 0.0402. The van der Waals surface area contributed by atoms with Crippen molar-refractivity contribution in [2.45, 2.75) is 13.0 Å². The number of carbonyl (C=O) groups is 2. The van der Waals surface area contributed by atoms with Crippen LogP contribution in [0.15, 0.2) is 71.8 Å². The maximum absolute atomic E-state index is 13.0. The number of fused-ring (bicyclic) bond motifs is 1. The van der Waals surface area contributed by atoms with E-state index in [1.807, 2.05) is 0 Å². The van der Waals surface area contributed by atoms with Gasteiger partial charge in [-0.3, -0.25) is 4.79 Å². The third-order valence-electron chi connectivity index (χ3n) is 5.17. The summed E-state index contributed by atoms with van der Waals surface area (Å²) in [4.78, 5) is 43.7. The van der Waals surface area contributed by atoms with Crippen molar-refractivity contribution in [1.82, 2.24) is 9.97 Å². The molecule has 0 bridgehead atoms. The lowest BCUT2D eigenvalue weighted by Gasteiger charge is -2.08. The second-order valence-corrected chi connectivity index (χ2v) is 7.36. The zero-order valence-corrected chi connectivity index (χ0v) is 17.7. The van der Waals surface area contributed by atoms with E-state index in [0.29, 0.717) is 28.8 Å². The van der Waals surface area contributed by atoms with E-state index in [1.54, 1.807) is 48.8 Å². The molecule has 8 heteroatoms. The Morgan fingerprint density at radius 2 is 1.76 bits per heavy atom. The van der Waals surface area contributed by atoms with Crippen LogP contribution in [-0.4, -0.2) is 34.1 Å². The van der Waals surface area contributed by atoms with Crippen LogP contribution in [0.2, 0.25) is 0 Å². The molecule has 0 atom stereocenters. The molecule has 0 fully saturated rings. The first-order valence-corrected chi connectivity index (χ1v) is 10.1. The first kappa shape index (κ1) is 21.8. The van der Waals surface area contributed by atoms with Crippen molar-refractivity contribution in [3.8, 4) is 5.88 Å². The normalized spacial score (nSPS) is 10.7. The number of aromatic carboxylic acids is 1. The molecule has 0 saturated heterocycles. The fourth-order valence-electron chi connectivity index (χ4n) is 3.39. The summed E-state index contributed by atoms with van der Waals surface area (Å²) in [5.41, 5.74) is 2.86. The second-order valence-electron chi connectivity index (χ2n) is 7.36. The molecule has 0 aliphatic carbocycles. The Bertz CT molecular complexity index is 1390. The molecular formula is C25H20N2O6. The minimum Gasteiger partial charge on any atom is -0.481 e. The summed E-state index contributed by atoms with van der Waals surface area (Å²) >= 11 is 0. The average molecular weight is 444 g/mol. The van der Waals surface area contributed by atoms with Crippen LogP contribution >= 0.6 is 0 Å². The maximum atomic E-state index is 13.0. The van der Waals surface area contributed by atoms with E-state index in [1.165, 1.54) is 25.3 Å². The molecule has 0 aliphatic heterocycles. The highest BCUT2D eigenvalue weighted by atomic mass is 16.5. The third-order valence-corrected chi connectivity index (χ3v) is 5.17. The number of methoxy groups -OCH3 is 1. The highest BCUT2D eigenvalue weighted by Gasteiger charge is 2.13.